The van der Waals surface area contributed by atoms with Gasteiger partial charge in [-0.3, -0.25) is 14.4 Å². The molecule has 11 heteroatoms. The number of piperidine rings is 1. The van der Waals surface area contributed by atoms with E-state index in [0.29, 0.717) is 31.7 Å². The highest BCUT2D eigenvalue weighted by atomic mass is 19.4. The second-order valence-electron chi connectivity index (χ2n) is 9.74. The number of aromatic nitrogens is 2. The molecule has 2 spiro atoms. The summed E-state index contributed by atoms with van der Waals surface area (Å²) in [5, 5.41) is 6.58. The summed E-state index contributed by atoms with van der Waals surface area (Å²) >= 11 is 0. The minimum Gasteiger partial charge on any atom is -0.347 e. The van der Waals surface area contributed by atoms with E-state index in [9.17, 15) is 22.8 Å². The van der Waals surface area contributed by atoms with Crippen LogP contribution in [-0.2, 0) is 24.6 Å². The maximum Gasteiger partial charge on any atom is 0.435 e. The minimum absolute atomic E-state index is 0.0504. The fourth-order valence-electron chi connectivity index (χ4n) is 5.45. The van der Waals surface area contributed by atoms with E-state index in [1.807, 2.05) is 9.80 Å². The van der Waals surface area contributed by atoms with E-state index in [0.717, 1.165) is 51.5 Å². The van der Waals surface area contributed by atoms with Gasteiger partial charge in [0.2, 0.25) is 5.91 Å². The summed E-state index contributed by atoms with van der Waals surface area (Å²) in [6, 6.07) is 1.18. The van der Waals surface area contributed by atoms with Crippen LogP contribution in [0, 0.1) is 5.41 Å². The van der Waals surface area contributed by atoms with Gasteiger partial charge in [-0.1, -0.05) is 0 Å². The van der Waals surface area contributed by atoms with Gasteiger partial charge in [-0.25, -0.2) is 4.79 Å². The third-order valence-electron chi connectivity index (χ3n) is 7.39. The van der Waals surface area contributed by atoms with Crippen LogP contribution in [0.3, 0.4) is 0 Å². The Labute approximate surface area is 178 Å². The zero-order valence-electron chi connectivity index (χ0n) is 17.5. The van der Waals surface area contributed by atoms with Crippen LogP contribution in [-0.4, -0.2) is 81.2 Å². The molecule has 0 radical (unpaired) electrons. The van der Waals surface area contributed by atoms with Crippen LogP contribution < -0.4 is 5.32 Å². The van der Waals surface area contributed by atoms with Crippen molar-refractivity contribution < 1.29 is 22.8 Å². The molecular weight excluding hydrogens is 413 g/mol. The summed E-state index contributed by atoms with van der Waals surface area (Å²) < 4.78 is 39.9. The Morgan fingerprint density at radius 3 is 2.32 bits per heavy atom. The number of rotatable bonds is 2. The number of carbonyl (C=O) groups excluding carboxylic acids is 2. The number of urea groups is 1. The first-order valence-electron chi connectivity index (χ1n) is 10.7. The molecule has 0 atom stereocenters. The Kier molecular flexibility index (Phi) is 4.55. The first kappa shape index (κ1) is 20.6. The number of likely N-dealkylation sites (tertiary alicyclic amines) is 3. The topological polar surface area (TPSA) is 73.7 Å². The number of aryl methyl sites for hydroxylation is 1. The summed E-state index contributed by atoms with van der Waals surface area (Å²) in [7, 11) is 1.54. The van der Waals surface area contributed by atoms with E-state index < -0.39 is 11.9 Å². The first-order valence-corrected chi connectivity index (χ1v) is 10.7. The summed E-state index contributed by atoms with van der Waals surface area (Å²) in [4.78, 5) is 30.0. The maximum absolute atomic E-state index is 12.9. The molecule has 3 amide bonds. The molecule has 4 fully saturated rings. The SMILES string of the molecule is Cn1nc(C(F)(F)F)cc1CN1CCC2(CC1)CN(C(=O)N1CC3(CCC(=O)N3)C1)C2. The molecule has 170 valence electrons. The van der Waals surface area contributed by atoms with Crippen molar-refractivity contribution in [3.8, 4) is 0 Å². The normalized spacial score (nSPS) is 25.0. The Balaban J connectivity index is 1.09. The number of alkyl halides is 3. The lowest BCUT2D eigenvalue weighted by molar-refractivity contribution is -0.141. The van der Waals surface area contributed by atoms with Crippen LogP contribution in [0.1, 0.15) is 37.1 Å². The molecule has 31 heavy (non-hydrogen) atoms. The van der Waals surface area contributed by atoms with Gasteiger partial charge in [-0.2, -0.15) is 18.3 Å². The molecule has 0 saturated carbocycles. The van der Waals surface area contributed by atoms with Crippen molar-refractivity contribution in [1.29, 1.82) is 0 Å². The number of carbonyl (C=O) groups is 2. The Hall–Kier alpha value is -2.30. The Morgan fingerprint density at radius 2 is 1.77 bits per heavy atom. The highest BCUT2D eigenvalue weighted by molar-refractivity contribution is 5.82. The third kappa shape index (κ3) is 3.66. The van der Waals surface area contributed by atoms with Gasteiger partial charge in [0.1, 0.15) is 0 Å². The van der Waals surface area contributed by atoms with Gasteiger partial charge < -0.3 is 15.1 Å². The van der Waals surface area contributed by atoms with Crippen molar-refractivity contribution in [3.63, 3.8) is 0 Å². The van der Waals surface area contributed by atoms with Crippen molar-refractivity contribution in [2.75, 3.05) is 39.3 Å². The second-order valence-corrected chi connectivity index (χ2v) is 9.74. The van der Waals surface area contributed by atoms with E-state index in [4.69, 9.17) is 0 Å². The van der Waals surface area contributed by atoms with Gasteiger partial charge >= 0.3 is 12.2 Å². The molecule has 4 aliphatic rings. The number of hydrogen-bond donors (Lipinski definition) is 1. The van der Waals surface area contributed by atoms with Crippen molar-refractivity contribution in [3.05, 3.63) is 17.5 Å². The summed E-state index contributed by atoms with van der Waals surface area (Å²) in [5.74, 6) is 0.0718. The lowest BCUT2D eigenvalue weighted by atomic mass is 9.72. The zero-order valence-corrected chi connectivity index (χ0v) is 17.5. The molecule has 4 aliphatic heterocycles. The maximum atomic E-state index is 12.9. The lowest BCUT2D eigenvalue weighted by Gasteiger charge is -2.57. The summed E-state index contributed by atoms with van der Waals surface area (Å²) in [6.45, 7) is 4.71. The molecule has 5 heterocycles. The average Bonchev–Trinajstić information content (AvgIpc) is 3.22. The molecule has 0 aromatic carbocycles. The molecule has 0 unspecified atom stereocenters. The summed E-state index contributed by atoms with van der Waals surface area (Å²) in [6.07, 6.45) is -1.22. The molecular formula is C20H27F3N6O2. The van der Waals surface area contributed by atoms with Crippen LogP contribution in [0.25, 0.3) is 0 Å². The summed E-state index contributed by atoms with van der Waals surface area (Å²) in [5.41, 5.74) is -0.367. The number of amides is 3. The van der Waals surface area contributed by atoms with E-state index >= 15 is 0 Å². The predicted molar refractivity (Wildman–Crippen MR) is 104 cm³/mol. The van der Waals surface area contributed by atoms with Gasteiger partial charge in [0.05, 0.1) is 11.2 Å². The smallest absolute Gasteiger partial charge is 0.347 e. The van der Waals surface area contributed by atoms with Crippen molar-refractivity contribution >= 4 is 11.9 Å². The van der Waals surface area contributed by atoms with Gasteiger partial charge in [-0.15, -0.1) is 0 Å². The number of nitrogens with zero attached hydrogens (tertiary/aromatic N) is 5. The molecule has 1 aromatic heterocycles. The van der Waals surface area contributed by atoms with Crippen LogP contribution in [0.2, 0.25) is 0 Å². The zero-order chi connectivity index (χ0) is 22.0. The van der Waals surface area contributed by atoms with Crippen LogP contribution in [0.5, 0.6) is 0 Å². The van der Waals surface area contributed by atoms with Gasteiger partial charge in [0, 0.05) is 51.6 Å². The van der Waals surface area contributed by atoms with Gasteiger partial charge in [0.25, 0.3) is 0 Å². The molecule has 5 rings (SSSR count). The van der Waals surface area contributed by atoms with Crippen LogP contribution in [0.4, 0.5) is 18.0 Å². The molecule has 8 nitrogen and oxygen atoms in total. The molecule has 1 N–H and O–H groups in total. The van der Waals surface area contributed by atoms with Crippen molar-refractivity contribution in [2.24, 2.45) is 12.5 Å². The average molecular weight is 440 g/mol. The molecule has 1 aromatic rings. The third-order valence-corrected chi connectivity index (χ3v) is 7.39. The Morgan fingerprint density at radius 1 is 1.13 bits per heavy atom. The van der Waals surface area contributed by atoms with Gasteiger partial charge in [-0.05, 0) is 38.4 Å². The predicted octanol–water partition coefficient (Wildman–Crippen LogP) is 1.42. The monoisotopic (exact) mass is 440 g/mol. The Bertz CT molecular complexity index is 891. The van der Waals surface area contributed by atoms with Crippen molar-refractivity contribution in [2.45, 2.75) is 43.9 Å². The number of nitrogens with one attached hydrogen (secondary N) is 1. The van der Waals surface area contributed by atoms with E-state index in [2.05, 4.69) is 15.3 Å². The first-order chi connectivity index (χ1) is 14.6. The highest BCUT2D eigenvalue weighted by Gasteiger charge is 2.53. The van der Waals surface area contributed by atoms with Crippen LogP contribution in [0.15, 0.2) is 6.07 Å². The van der Waals surface area contributed by atoms with E-state index in [1.165, 1.54) is 4.68 Å². The fraction of sp³-hybridized carbons (Fsp3) is 0.750. The number of halogens is 3. The van der Waals surface area contributed by atoms with E-state index in [-0.39, 0.29) is 22.9 Å². The molecule has 0 aliphatic carbocycles. The molecule has 4 saturated heterocycles. The highest BCUT2D eigenvalue weighted by Crippen LogP contribution is 2.42. The second kappa shape index (κ2) is 6.85. The largest absolute Gasteiger partial charge is 0.435 e. The minimum atomic E-state index is -4.43. The quantitative estimate of drug-likeness (QED) is 0.755. The standard InChI is InChI=1S/C20H27F3N6O2/c1-26-14(8-15(25-26)20(21,22)23)9-27-6-4-18(5-7-27)10-28(11-18)17(31)29-12-19(13-29)3-2-16(30)24-19/h8H,2-7,9-13H2,1H3,(H,24,30). The number of hydrogen-bond acceptors (Lipinski definition) is 4. The van der Waals surface area contributed by atoms with Crippen LogP contribution >= 0.6 is 0 Å². The lowest BCUT2D eigenvalue weighted by Crippen LogP contribution is -2.73. The van der Waals surface area contributed by atoms with E-state index in [1.54, 1.807) is 7.05 Å². The van der Waals surface area contributed by atoms with Crippen molar-refractivity contribution in [1.82, 2.24) is 29.8 Å². The molecule has 0 bridgehead atoms. The fourth-order valence-corrected chi connectivity index (χ4v) is 5.45. The van der Waals surface area contributed by atoms with Gasteiger partial charge in [0.15, 0.2) is 5.69 Å².